The fourth-order valence-electron chi connectivity index (χ4n) is 3.77. The number of ether oxygens (including phenoxy) is 6. The first kappa shape index (κ1) is 28.2. The first-order chi connectivity index (χ1) is 16.9. The van der Waals surface area contributed by atoms with Crippen LogP contribution < -0.4 is 14.8 Å². The Morgan fingerprint density at radius 1 is 0.829 bits per heavy atom. The number of nitrogens with one attached hydrogen (secondary N) is 1. The summed E-state index contributed by atoms with van der Waals surface area (Å²) in [6.07, 6.45) is 1.92. The molecule has 35 heavy (non-hydrogen) atoms. The van der Waals surface area contributed by atoms with Gasteiger partial charge in [0.15, 0.2) is 11.5 Å². The lowest BCUT2D eigenvalue weighted by atomic mass is 9.80. The highest BCUT2D eigenvalue weighted by molar-refractivity contribution is 6.00. The summed E-state index contributed by atoms with van der Waals surface area (Å²) in [5.41, 5.74) is 2.47. The summed E-state index contributed by atoms with van der Waals surface area (Å²) in [5.74, 6) is -0.733. The molecule has 0 radical (unpaired) electrons. The van der Waals surface area contributed by atoms with E-state index in [-0.39, 0.29) is 26.4 Å². The van der Waals surface area contributed by atoms with Gasteiger partial charge in [-0.05, 0) is 38.0 Å². The van der Waals surface area contributed by atoms with Gasteiger partial charge in [0.25, 0.3) is 0 Å². The van der Waals surface area contributed by atoms with Crippen LogP contribution in [0.5, 0.6) is 11.5 Å². The molecule has 1 N–H and O–H groups in total. The van der Waals surface area contributed by atoms with E-state index in [4.69, 9.17) is 28.4 Å². The monoisotopic (exact) mass is 491 g/mol. The molecule has 194 valence electrons. The minimum Gasteiger partial charge on any atom is -0.493 e. The Balaban J connectivity index is 2.53. The Morgan fingerprint density at radius 2 is 1.40 bits per heavy atom. The lowest BCUT2D eigenvalue weighted by molar-refractivity contribution is -0.141. The molecular formula is C26H37NO8. The molecule has 0 spiro atoms. The largest absolute Gasteiger partial charge is 0.493 e. The van der Waals surface area contributed by atoms with Gasteiger partial charge in [-0.2, -0.15) is 0 Å². The summed E-state index contributed by atoms with van der Waals surface area (Å²) in [6.45, 7) is 6.89. The molecule has 0 saturated heterocycles. The van der Waals surface area contributed by atoms with E-state index in [1.54, 1.807) is 33.1 Å². The Morgan fingerprint density at radius 3 is 1.89 bits per heavy atom. The number of carbonyl (C=O) groups is 2. The van der Waals surface area contributed by atoms with Crippen molar-refractivity contribution in [1.29, 1.82) is 0 Å². The van der Waals surface area contributed by atoms with Gasteiger partial charge in [0.1, 0.15) is 13.2 Å². The maximum Gasteiger partial charge on any atom is 0.336 e. The minimum atomic E-state index is -0.736. The molecule has 0 aromatic heterocycles. The van der Waals surface area contributed by atoms with Crippen LogP contribution in [0.1, 0.15) is 45.1 Å². The zero-order chi connectivity index (χ0) is 25.8. The molecule has 0 bridgehead atoms. The van der Waals surface area contributed by atoms with Crippen molar-refractivity contribution in [2.24, 2.45) is 0 Å². The van der Waals surface area contributed by atoms with Gasteiger partial charge in [-0.25, -0.2) is 9.59 Å². The molecule has 0 fully saturated rings. The molecule has 0 unspecified atom stereocenters. The Hall–Kier alpha value is -3.04. The Labute approximate surface area is 207 Å². The predicted octanol–water partition coefficient (Wildman–Crippen LogP) is 3.49. The number of carbonyl (C=O) groups excluding carboxylic acids is 2. The molecule has 1 aromatic carbocycles. The Bertz CT molecular complexity index is 893. The second-order valence-corrected chi connectivity index (χ2v) is 8.01. The van der Waals surface area contributed by atoms with E-state index in [1.807, 2.05) is 6.07 Å². The third kappa shape index (κ3) is 7.47. The van der Waals surface area contributed by atoms with Crippen molar-refractivity contribution in [3.63, 3.8) is 0 Å². The van der Waals surface area contributed by atoms with Gasteiger partial charge >= 0.3 is 11.9 Å². The minimum absolute atomic E-state index is 0.0860. The molecule has 0 saturated carbocycles. The average Bonchev–Trinajstić information content (AvgIpc) is 2.84. The number of dihydropyridines is 1. The Kier molecular flexibility index (Phi) is 11.6. The van der Waals surface area contributed by atoms with Crippen LogP contribution in [0.15, 0.2) is 40.7 Å². The van der Waals surface area contributed by atoms with E-state index in [0.717, 1.165) is 12.8 Å². The summed E-state index contributed by atoms with van der Waals surface area (Å²) >= 11 is 0. The second kappa shape index (κ2) is 14.4. The normalized spacial score (nSPS) is 14.0. The van der Waals surface area contributed by atoms with Crippen molar-refractivity contribution in [1.82, 2.24) is 5.32 Å². The molecule has 1 aromatic rings. The predicted molar refractivity (Wildman–Crippen MR) is 130 cm³/mol. The van der Waals surface area contributed by atoms with Crippen molar-refractivity contribution in [2.75, 3.05) is 54.4 Å². The highest BCUT2D eigenvalue weighted by Gasteiger charge is 2.38. The highest BCUT2D eigenvalue weighted by Crippen LogP contribution is 2.42. The third-order valence-electron chi connectivity index (χ3n) is 5.52. The van der Waals surface area contributed by atoms with Crippen LogP contribution in [0.25, 0.3) is 0 Å². The topological polar surface area (TPSA) is 102 Å². The van der Waals surface area contributed by atoms with Gasteiger partial charge in [0.2, 0.25) is 0 Å². The second-order valence-electron chi connectivity index (χ2n) is 8.01. The molecule has 2 rings (SSSR count). The summed E-state index contributed by atoms with van der Waals surface area (Å²) in [5, 5.41) is 3.14. The van der Waals surface area contributed by atoms with Gasteiger partial charge in [0.05, 0.1) is 44.0 Å². The molecule has 9 nitrogen and oxygen atoms in total. The molecule has 0 aliphatic carbocycles. The fraction of sp³-hybridized carbons (Fsp3) is 0.538. The van der Waals surface area contributed by atoms with Gasteiger partial charge in [-0.15, -0.1) is 0 Å². The maximum atomic E-state index is 13.2. The van der Waals surface area contributed by atoms with Gasteiger partial charge in [-0.1, -0.05) is 19.4 Å². The fourth-order valence-corrected chi connectivity index (χ4v) is 3.77. The van der Waals surface area contributed by atoms with E-state index in [1.165, 1.54) is 14.2 Å². The molecule has 0 amide bonds. The molecule has 1 heterocycles. The highest BCUT2D eigenvalue weighted by atomic mass is 16.6. The molecule has 1 aliphatic heterocycles. The number of benzene rings is 1. The molecular weight excluding hydrogens is 454 g/mol. The third-order valence-corrected chi connectivity index (χ3v) is 5.52. The molecule has 0 atom stereocenters. The average molecular weight is 492 g/mol. The van der Waals surface area contributed by atoms with E-state index in [9.17, 15) is 9.59 Å². The van der Waals surface area contributed by atoms with Crippen molar-refractivity contribution < 1.29 is 38.0 Å². The van der Waals surface area contributed by atoms with Crippen molar-refractivity contribution >= 4 is 11.9 Å². The number of hydrogen-bond donors (Lipinski definition) is 1. The van der Waals surface area contributed by atoms with E-state index >= 15 is 0 Å². The van der Waals surface area contributed by atoms with Crippen LogP contribution >= 0.6 is 0 Å². The summed E-state index contributed by atoms with van der Waals surface area (Å²) in [4.78, 5) is 26.3. The van der Waals surface area contributed by atoms with Crippen molar-refractivity contribution in [3.8, 4) is 11.5 Å². The SMILES string of the molecule is CCCCOc1ccc(C2C(C(=O)OCCOC)=C(C)NC(C)=C2C(=O)OCCOC)cc1OC. The van der Waals surface area contributed by atoms with E-state index in [2.05, 4.69) is 12.2 Å². The lowest BCUT2D eigenvalue weighted by Gasteiger charge is -2.31. The van der Waals surface area contributed by atoms with Crippen LogP contribution in [0.2, 0.25) is 0 Å². The summed E-state index contributed by atoms with van der Waals surface area (Å²) in [7, 11) is 4.61. The molecule has 1 aliphatic rings. The van der Waals surface area contributed by atoms with Gasteiger partial charge in [-0.3, -0.25) is 0 Å². The zero-order valence-corrected chi connectivity index (χ0v) is 21.5. The summed E-state index contributed by atoms with van der Waals surface area (Å²) in [6, 6.07) is 5.40. The van der Waals surface area contributed by atoms with Gasteiger partial charge < -0.3 is 33.7 Å². The van der Waals surface area contributed by atoms with Crippen molar-refractivity contribution in [2.45, 2.75) is 39.5 Å². The van der Waals surface area contributed by atoms with Crippen LogP contribution in [0.3, 0.4) is 0 Å². The number of unbranched alkanes of at least 4 members (excludes halogenated alkanes) is 1. The number of methoxy groups -OCH3 is 3. The number of hydrogen-bond acceptors (Lipinski definition) is 9. The molecule has 9 heteroatoms. The van der Waals surface area contributed by atoms with Crippen LogP contribution in [0.4, 0.5) is 0 Å². The quantitative estimate of drug-likeness (QED) is 0.309. The lowest BCUT2D eigenvalue weighted by Crippen LogP contribution is -2.33. The van der Waals surface area contributed by atoms with Crippen LogP contribution in [-0.4, -0.2) is 66.3 Å². The number of allylic oxidation sites excluding steroid dienone is 2. The number of esters is 2. The first-order valence-electron chi connectivity index (χ1n) is 11.7. The number of rotatable bonds is 14. The van der Waals surface area contributed by atoms with Crippen LogP contribution in [0, 0.1) is 0 Å². The first-order valence-corrected chi connectivity index (χ1v) is 11.7. The standard InChI is InChI=1S/C26H37NO8/c1-7-8-11-33-20-10-9-19(16-21(20)32-6)24-22(25(28)34-14-12-30-4)17(2)27-18(3)23(24)26(29)35-15-13-31-5/h9-10,16,24,27H,7-8,11-15H2,1-6H3. The van der Waals surface area contributed by atoms with Crippen LogP contribution in [-0.2, 0) is 28.5 Å². The van der Waals surface area contributed by atoms with Gasteiger partial charge in [0, 0.05) is 25.6 Å². The van der Waals surface area contributed by atoms with E-state index < -0.39 is 17.9 Å². The smallest absolute Gasteiger partial charge is 0.336 e. The van der Waals surface area contributed by atoms with E-state index in [0.29, 0.717) is 46.2 Å². The van der Waals surface area contributed by atoms with Crippen molar-refractivity contribution in [3.05, 3.63) is 46.3 Å². The zero-order valence-electron chi connectivity index (χ0n) is 21.5. The summed E-state index contributed by atoms with van der Waals surface area (Å²) < 4.78 is 32.3. The maximum absolute atomic E-state index is 13.2.